The molecule has 0 spiro atoms. The molecule has 0 aromatic heterocycles. The predicted octanol–water partition coefficient (Wildman–Crippen LogP) is 1.01. The highest BCUT2D eigenvalue weighted by molar-refractivity contribution is 5.75. The lowest BCUT2D eigenvalue weighted by atomic mass is 9.73. The number of aliphatic carboxylic acids is 1. The molecule has 2 atom stereocenters. The molecular weight excluding hydrogens is 144 g/mol. The molecule has 1 unspecified atom stereocenters. The minimum Gasteiger partial charge on any atom is -0.481 e. The Balaban J connectivity index is 2.72. The molecule has 2 N–H and O–H groups in total. The molecule has 0 aromatic carbocycles. The van der Waals surface area contributed by atoms with E-state index in [0.717, 1.165) is 12.8 Å². The first-order chi connectivity index (χ1) is 5.07. The van der Waals surface area contributed by atoms with Crippen molar-refractivity contribution in [3.05, 3.63) is 0 Å². The maximum Gasteiger partial charge on any atom is 0.311 e. The zero-order chi connectivity index (χ0) is 8.48. The lowest BCUT2D eigenvalue weighted by molar-refractivity contribution is -0.158. The van der Waals surface area contributed by atoms with Gasteiger partial charge in [0.25, 0.3) is 0 Å². The van der Waals surface area contributed by atoms with Gasteiger partial charge in [0, 0.05) is 0 Å². The average Bonchev–Trinajstić information content (AvgIpc) is 1.95. The normalized spacial score (nSPS) is 38.5. The first kappa shape index (κ1) is 8.53. The maximum absolute atomic E-state index is 10.7. The summed E-state index contributed by atoms with van der Waals surface area (Å²) in [7, 11) is 0. The fourth-order valence-electron chi connectivity index (χ4n) is 1.56. The zero-order valence-corrected chi connectivity index (χ0v) is 6.71. The third-order valence-corrected chi connectivity index (χ3v) is 2.65. The summed E-state index contributed by atoms with van der Waals surface area (Å²) in [5, 5.41) is 18.2. The molecule has 64 valence electrons. The van der Waals surface area contributed by atoms with E-state index in [9.17, 15) is 9.90 Å². The van der Waals surface area contributed by atoms with Crippen LogP contribution in [0.25, 0.3) is 0 Å². The Morgan fingerprint density at radius 3 is 2.55 bits per heavy atom. The van der Waals surface area contributed by atoms with Crippen LogP contribution < -0.4 is 0 Å². The van der Waals surface area contributed by atoms with Gasteiger partial charge in [0.05, 0.1) is 11.5 Å². The van der Waals surface area contributed by atoms with E-state index in [-0.39, 0.29) is 0 Å². The molecule has 0 heterocycles. The summed E-state index contributed by atoms with van der Waals surface area (Å²) in [4.78, 5) is 10.7. The Morgan fingerprint density at radius 2 is 2.18 bits per heavy atom. The first-order valence-corrected chi connectivity index (χ1v) is 3.99. The quantitative estimate of drug-likeness (QED) is 0.598. The Bertz CT molecular complexity index is 167. The highest BCUT2D eigenvalue weighted by Gasteiger charge is 2.41. The molecule has 1 fully saturated rings. The van der Waals surface area contributed by atoms with Crippen LogP contribution in [0.4, 0.5) is 0 Å². The van der Waals surface area contributed by atoms with E-state index in [1.165, 1.54) is 0 Å². The van der Waals surface area contributed by atoms with Crippen LogP contribution in [0.5, 0.6) is 0 Å². The minimum atomic E-state index is -0.891. The first-order valence-electron chi connectivity index (χ1n) is 3.99. The molecular formula is C8H14O3. The summed E-state index contributed by atoms with van der Waals surface area (Å²) in [6.07, 6.45) is 2.43. The van der Waals surface area contributed by atoms with E-state index in [0.29, 0.717) is 12.8 Å². The van der Waals surface area contributed by atoms with Crippen LogP contribution in [-0.4, -0.2) is 22.3 Å². The van der Waals surface area contributed by atoms with Gasteiger partial charge in [-0.15, -0.1) is 0 Å². The number of carboxylic acids is 1. The second-order valence-electron chi connectivity index (χ2n) is 3.48. The van der Waals surface area contributed by atoms with E-state index in [1.807, 2.05) is 0 Å². The summed E-state index contributed by atoms with van der Waals surface area (Å²) in [6.45, 7) is 1.62. The van der Waals surface area contributed by atoms with E-state index in [2.05, 4.69) is 0 Å². The number of aliphatic hydroxyl groups excluding tert-OH is 1. The van der Waals surface area contributed by atoms with Gasteiger partial charge in [0.1, 0.15) is 0 Å². The summed E-state index contributed by atoms with van der Waals surface area (Å²) in [5.41, 5.74) is -0.891. The summed E-state index contributed by atoms with van der Waals surface area (Å²) in [6, 6.07) is 0. The number of hydrogen-bond acceptors (Lipinski definition) is 2. The topological polar surface area (TPSA) is 57.5 Å². The van der Waals surface area contributed by atoms with Crippen molar-refractivity contribution >= 4 is 5.97 Å². The van der Waals surface area contributed by atoms with Gasteiger partial charge in [-0.1, -0.05) is 12.8 Å². The smallest absolute Gasteiger partial charge is 0.311 e. The van der Waals surface area contributed by atoms with Crippen molar-refractivity contribution in [3.63, 3.8) is 0 Å². The fourth-order valence-corrected chi connectivity index (χ4v) is 1.56. The third kappa shape index (κ3) is 1.38. The number of carbonyl (C=O) groups is 1. The zero-order valence-electron chi connectivity index (χ0n) is 6.71. The van der Waals surface area contributed by atoms with Gasteiger partial charge in [0.15, 0.2) is 0 Å². The van der Waals surface area contributed by atoms with Crippen LogP contribution in [0.3, 0.4) is 0 Å². The molecule has 11 heavy (non-hydrogen) atoms. The van der Waals surface area contributed by atoms with Crippen molar-refractivity contribution in [1.29, 1.82) is 0 Å². The van der Waals surface area contributed by atoms with Gasteiger partial charge in [-0.2, -0.15) is 0 Å². The molecule has 1 saturated carbocycles. The number of hydrogen-bond donors (Lipinski definition) is 2. The molecule has 0 bridgehead atoms. The molecule has 3 nitrogen and oxygen atoms in total. The average molecular weight is 158 g/mol. The van der Waals surface area contributed by atoms with Crippen LogP contribution in [0.2, 0.25) is 0 Å². The summed E-state index contributed by atoms with van der Waals surface area (Å²) < 4.78 is 0. The molecule has 1 aliphatic rings. The Morgan fingerprint density at radius 1 is 1.55 bits per heavy atom. The van der Waals surface area contributed by atoms with Gasteiger partial charge in [0.2, 0.25) is 0 Å². The Hall–Kier alpha value is -0.570. The van der Waals surface area contributed by atoms with Crippen molar-refractivity contribution in [2.45, 2.75) is 38.7 Å². The lowest BCUT2D eigenvalue weighted by Crippen LogP contribution is -2.42. The van der Waals surface area contributed by atoms with Crippen molar-refractivity contribution in [3.8, 4) is 0 Å². The van der Waals surface area contributed by atoms with Crippen molar-refractivity contribution < 1.29 is 15.0 Å². The monoisotopic (exact) mass is 158 g/mol. The second kappa shape index (κ2) is 2.81. The number of aliphatic hydroxyl groups is 1. The van der Waals surface area contributed by atoms with Crippen molar-refractivity contribution in [2.24, 2.45) is 5.41 Å². The molecule has 0 amide bonds. The second-order valence-corrected chi connectivity index (χ2v) is 3.48. The summed E-state index contributed by atoms with van der Waals surface area (Å²) in [5.74, 6) is -0.871. The van der Waals surface area contributed by atoms with E-state index in [1.54, 1.807) is 6.92 Å². The minimum absolute atomic E-state index is 0.601. The lowest BCUT2D eigenvalue weighted by Gasteiger charge is -2.34. The SMILES string of the molecule is C[C@@]1(C(=O)O)CCCCC1O. The van der Waals surface area contributed by atoms with Crippen molar-refractivity contribution in [2.75, 3.05) is 0 Å². The van der Waals surface area contributed by atoms with Gasteiger partial charge in [-0.25, -0.2) is 0 Å². The molecule has 0 radical (unpaired) electrons. The van der Waals surface area contributed by atoms with Crippen LogP contribution >= 0.6 is 0 Å². The number of rotatable bonds is 1. The molecule has 0 aromatic rings. The molecule has 1 aliphatic carbocycles. The highest BCUT2D eigenvalue weighted by Crippen LogP contribution is 2.36. The van der Waals surface area contributed by atoms with Crippen molar-refractivity contribution in [1.82, 2.24) is 0 Å². The molecule has 1 rings (SSSR count). The van der Waals surface area contributed by atoms with Crippen LogP contribution in [0.15, 0.2) is 0 Å². The van der Waals surface area contributed by atoms with E-state index >= 15 is 0 Å². The third-order valence-electron chi connectivity index (χ3n) is 2.65. The molecule has 3 heteroatoms. The Kier molecular flexibility index (Phi) is 2.18. The Labute approximate surface area is 66.0 Å². The maximum atomic E-state index is 10.7. The van der Waals surface area contributed by atoms with Crippen LogP contribution in [0, 0.1) is 5.41 Å². The van der Waals surface area contributed by atoms with Gasteiger partial charge in [-0.3, -0.25) is 4.79 Å². The van der Waals surface area contributed by atoms with Gasteiger partial charge >= 0.3 is 5.97 Å². The van der Waals surface area contributed by atoms with Gasteiger partial charge in [-0.05, 0) is 19.8 Å². The summed E-state index contributed by atoms with van der Waals surface area (Å²) >= 11 is 0. The van der Waals surface area contributed by atoms with Crippen LogP contribution in [-0.2, 0) is 4.79 Å². The predicted molar refractivity (Wildman–Crippen MR) is 40.2 cm³/mol. The standard InChI is InChI=1S/C8H14O3/c1-8(7(10)11)5-3-2-4-6(8)9/h6,9H,2-5H2,1H3,(H,10,11)/t6?,8-/m1/s1. The van der Waals surface area contributed by atoms with Crippen LogP contribution in [0.1, 0.15) is 32.6 Å². The van der Waals surface area contributed by atoms with E-state index < -0.39 is 17.5 Å². The number of carboxylic acid groups (broad SMARTS) is 1. The van der Waals surface area contributed by atoms with Gasteiger partial charge < -0.3 is 10.2 Å². The largest absolute Gasteiger partial charge is 0.481 e. The van der Waals surface area contributed by atoms with E-state index in [4.69, 9.17) is 5.11 Å². The molecule has 0 aliphatic heterocycles. The molecule has 0 saturated heterocycles. The highest BCUT2D eigenvalue weighted by atomic mass is 16.4. The fraction of sp³-hybridized carbons (Fsp3) is 0.875.